The molecule has 1 aliphatic rings. The number of hydrogen-bond donors (Lipinski definition) is 1. The Kier molecular flexibility index (Phi) is 4.93. The van der Waals surface area contributed by atoms with E-state index in [0.717, 1.165) is 0 Å². The molecule has 1 saturated heterocycles. The van der Waals surface area contributed by atoms with E-state index >= 15 is 0 Å². The van der Waals surface area contributed by atoms with Crippen molar-refractivity contribution in [2.75, 3.05) is 12.4 Å². The summed E-state index contributed by atoms with van der Waals surface area (Å²) in [4.78, 5) is 35.3. The van der Waals surface area contributed by atoms with Gasteiger partial charge in [-0.2, -0.15) is 0 Å². The number of halogens is 1. The zero-order valence-corrected chi connectivity index (χ0v) is 14.8. The van der Waals surface area contributed by atoms with Gasteiger partial charge >= 0.3 is 17.9 Å². The van der Waals surface area contributed by atoms with E-state index in [0.29, 0.717) is 14.8 Å². The lowest BCUT2D eigenvalue weighted by Gasteiger charge is -2.29. The SMILES string of the molecule is COC(=O)c1cccc(NC=C2C(=O)OC(C)(C)OC2=O)c1I. The largest absolute Gasteiger partial charge is 0.465 e. The molecule has 8 heteroatoms. The maximum atomic E-state index is 11.8. The van der Waals surface area contributed by atoms with Crippen LogP contribution in [0, 0.1) is 3.57 Å². The molecule has 7 nitrogen and oxygen atoms in total. The smallest absolute Gasteiger partial charge is 0.350 e. The molecule has 2 rings (SSSR count). The number of nitrogens with one attached hydrogen (secondary N) is 1. The van der Waals surface area contributed by atoms with E-state index in [-0.39, 0.29) is 5.57 Å². The zero-order valence-electron chi connectivity index (χ0n) is 12.6. The van der Waals surface area contributed by atoms with Crippen molar-refractivity contribution in [2.24, 2.45) is 0 Å². The van der Waals surface area contributed by atoms with Gasteiger partial charge in [-0.15, -0.1) is 0 Å². The molecule has 0 bridgehead atoms. The first-order valence-electron chi connectivity index (χ1n) is 6.55. The van der Waals surface area contributed by atoms with Crippen LogP contribution < -0.4 is 5.32 Å². The van der Waals surface area contributed by atoms with E-state index in [1.165, 1.54) is 27.2 Å². The Labute approximate surface area is 146 Å². The maximum Gasteiger partial charge on any atom is 0.350 e. The lowest BCUT2D eigenvalue weighted by molar-refractivity contribution is -0.222. The van der Waals surface area contributed by atoms with Crippen LogP contribution in [0.15, 0.2) is 30.0 Å². The fourth-order valence-corrected chi connectivity index (χ4v) is 2.57. The molecule has 1 fully saturated rings. The van der Waals surface area contributed by atoms with Crippen molar-refractivity contribution in [3.8, 4) is 0 Å². The van der Waals surface area contributed by atoms with Crippen molar-refractivity contribution in [1.29, 1.82) is 0 Å². The number of ether oxygens (including phenoxy) is 3. The van der Waals surface area contributed by atoms with Crippen molar-refractivity contribution in [3.63, 3.8) is 0 Å². The van der Waals surface area contributed by atoms with Crippen molar-refractivity contribution < 1.29 is 28.6 Å². The van der Waals surface area contributed by atoms with Crippen LogP contribution in [0.1, 0.15) is 24.2 Å². The van der Waals surface area contributed by atoms with Crippen LogP contribution in [0.4, 0.5) is 5.69 Å². The summed E-state index contributed by atoms with van der Waals surface area (Å²) in [7, 11) is 1.29. The monoisotopic (exact) mass is 431 g/mol. The maximum absolute atomic E-state index is 11.8. The predicted molar refractivity (Wildman–Crippen MR) is 88.5 cm³/mol. The minimum absolute atomic E-state index is 0.261. The summed E-state index contributed by atoms with van der Waals surface area (Å²) < 4.78 is 15.3. The fourth-order valence-electron chi connectivity index (χ4n) is 1.84. The van der Waals surface area contributed by atoms with Crippen LogP contribution in [0.5, 0.6) is 0 Å². The lowest BCUT2D eigenvalue weighted by Crippen LogP contribution is -2.42. The van der Waals surface area contributed by atoms with Gasteiger partial charge in [-0.25, -0.2) is 14.4 Å². The highest BCUT2D eigenvalue weighted by atomic mass is 127. The summed E-state index contributed by atoms with van der Waals surface area (Å²) in [6.45, 7) is 2.94. The van der Waals surface area contributed by atoms with Gasteiger partial charge in [0.15, 0.2) is 5.57 Å². The molecule has 1 heterocycles. The molecule has 0 atom stereocenters. The second-order valence-electron chi connectivity index (χ2n) is 5.04. The van der Waals surface area contributed by atoms with Gasteiger partial charge in [0.2, 0.25) is 0 Å². The van der Waals surface area contributed by atoms with Crippen molar-refractivity contribution in [3.05, 3.63) is 39.1 Å². The summed E-state index contributed by atoms with van der Waals surface area (Å²) >= 11 is 1.96. The number of methoxy groups -OCH3 is 1. The molecule has 0 radical (unpaired) electrons. The minimum atomic E-state index is -1.29. The summed E-state index contributed by atoms with van der Waals surface area (Å²) in [5, 5.41) is 2.81. The quantitative estimate of drug-likeness (QED) is 0.340. The first-order valence-corrected chi connectivity index (χ1v) is 7.63. The van der Waals surface area contributed by atoms with Gasteiger partial charge in [0, 0.05) is 20.0 Å². The average Bonchev–Trinajstić information content (AvgIpc) is 2.46. The number of benzene rings is 1. The third-order valence-corrected chi connectivity index (χ3v) is 4.06. The molecule has 1 N–H and O–H groups in total. The highest BCUT2D eigenvalue weighted by Gasteiger charge is 2.38. The molecule has 0 amide bonds. The Balaban J connectivity index is 2.25. The number of esters is 3. The summed E-state index contributed by atoms with van der Waals surface area (Å²) in [6, 6.07) is 4.95. The molecule has 0 aliphatic carbocycles. The molecule has 23 heavy (non-hydrogen) atoms. The zero-order chi connectivity index (χ0) is 17.2. The second kappa shape index (κ2) is 6.57. The molecule has 1 aromatic rings. The van der Waals surface area contributed by atoms with Gasteiger partial charge in [-0.3, -0.25) is 0 Å². The molecule has 0 aromatic heterocycles. The molecule has 1 aliphatic heterocycles. The Morgan fingerprint density at radius 1 is 1.26 bits per heavy atom. The van der Waals surface area contributed by atoms with Gasteiger partial charge < -0.3 is 19.5 Å². The third kappa shape index (κ3) is 3.81. The normalized spacial score (nSPS) is 16.3. The van der Waals surface area contributed by atoms with Gasteiger partial charge in [0.25, 0.3) is 5.79 Å². The predicted octanol–water partition coefficient (Wildman–Crippen LogP) is 2.21. The van der Waals surface area contributed by atoms with Crippen molar-refractivity contribution in [1.82, 2.24) is 0 Å². The van der Waals surface area contributed by atoms with E-state index in [1.807, 2.05) is 22.6 Å². The summed E-state index contributed by atoms with van der Waals surface area (Å²) in [6.07, 6.45) is 1.19. The topological polar surface area (TPSA) is 90.9 Å². The van der Waals surface area contributed by atoms with Crippen molar-refractivity contribution >= 4 is 46.2 Å². The molecule has 1 aromatic carbocycles. The Bertz CT molecular complexity index is 688. The Morgan fingerprint density at radius 3 is 2.43 bits per heavy atom. The first-order chi connectivity index (χ1) is 10.7. The number of carbonyl (C=O) groups excluding carboxylic acids is 3. The van der Waals surface area contributed by atoms with Crippen LogP contribution in [-0.4, -0.2) is 30.8 Å². The second-order valence-corrected chi connectivity index (χ2v) is 6.12. The molecular formula is C15H14INO6. The first kappa shape index (κ1) is 17.3. The molecular weight excluding hydrogens is 417 g/mol. The van der Waals surface area contributed by atoms with Gasteiger partial charge in [-0.05, 0) is 34.7 Å². The average molecular weight is 431 g/mol. The highest BCUT2D eigenvalue weighted by Crippen LogP contribution is 2.25. The third-order valence-electron chi connectivity index (χ3n) is 2.89. The van der Waals surface area contributed by atoms with Gasteiger partial charge in [0.1, 0.15) is 0 Å². The van der Waals surface area contributed by atoms with Crippen molar-refractivity contribution in [2.45, 2.75) is 19.6 Å². The Morgan fingerprint density at radius 2 is 1.87 bits per heavy atom. The van der Waals surface area contributed by atoms with Crippen LogP contribution in [0.25, 0.3) is 0 Å². The van der Waals surface area contributed by atoms with E-state index in [9.17, 15) is 14.4 Å². The minimum Gasteiger partial charge on any atom is -0.465 e. The molecule has 0 saturated carbocycles. The van der Waals surface area contributed by atoms with E-state index in [2.05, 4.69) is 10.1 Å². The number of carbonyl (C=O) groups is 3. The van der Waals surface area contributed by atoms with Crippen LogP contribution in [0.3, 0.4) is 0 Å². The number of rotatable bonds is 3. The lowest BCUT2D eigenvalue weighted by atomic mass is 10.2. The molecule has 0 spiro atoms. The number of hydrogen-bond acceptors (Lipinski definition) is 7. The fraction of sp³-hybridized carbons (Fsp3) is 0.267. The molecule has 122 valence electrons. The van der Waals surface area contributed by atoms with Crippen LogP contribution >= 0.6 is 22.6 Å². The standard InChI is InChI=1S/C15H14INO6/c1-15(2)22-13(19)9(14(20)23-15)7-17-10-6-4-5-8(11(10)16)12(18)21-3/h4-7,17H,1-3H3. The van der Waals surface area contributed by atoms with Crippen LogP contribution in [0.2, 0.25) is 0 Å². The summed E-state index contributed by atoms with van der Waals surface area (Å²) in [5.74, 6) is -3.33. The van der Waals surface area contributed by atoms with E-state index in [1.54, 1.807) is 18.2 Å². The van der Waals surface area contributed by atoms with E-state index in [4.69, 9.17) is 9.47 Å². The van der Waals surface area contributed by atoms with E-state index < -0.39 is 23.7 Å². The summed E-state index contributed by atoms with van der Waals surface area (Å²) in [5.41, 5.74) is 0.640. The van der Waals surface area contributed by atoms with Gasteiger partial charge in [0.05, 0.1) is 21.9 Å². The highest BCUT2D eigenvalue weighted by molar-refractivity contribution is 14.1. The Hall–Kier alpha value is -2.10. The number of anilines is 1. The van der Waals surface area contributed by atoms with Gasteiger partial charge in [-0.1, -0.05) is 6.07 Å². The number of cyclic esters (lactones) is 2. The molecule has 0 unspecified atom stereocenters. The van der Waals surface area contributed by atoms with Crippen LogP contribution in [-0.2, 0) is 23.8 Å².